The summed E-state index contributed by atoms with van der Waals surface area (Å²) >= 11 is 0. The number of anilines is 1. The molecule has 0 unspecified atom stereocenters. The topological polar surface area (TPSA) is 57.7 Å². The second-order valence-electron chi connectivity index (χ2n) is 8.02. The van der Waals surface area contributed by atoms with E-state index in [2.05, 4.69) is 0 Å². The molecular weight excluding hydrogens is 328 g/mol. The number of para-hydroxylation sites is 1. The van der Waals surface area contributed by atoms with Gasteiger partial charge in [-0.05, 0) is 43.9 Å². The molecule has 0 radical (unpaired) electrons. The molecule has 5 aliphatic rings. The number of benzene rings is 1. The van der Waals surface area contributed by atoms with Gasteiger partial charge in [-0.1, -0.05) is 30.2 Å². The highest BCUT2D eigenvalue weighted by Crippen LogP contribution is 2.61. The number of rotatable bonds is 1. The molecule has 3 fully saturated rings. The lowest BCUT2D eigenvalue weighted by Gasteiger charge is -2.60. The summed E-state index contributed by atoms with van der Waals surface area (Å²) in [6.07, 6.45) is 3.77. The molecule has 2 saturated heterocycles. The summed E-state index contributed by atoms with van der Waals surface area (Å²) in [7, 11) is 1.83. The summed E-state index contributed by atoms with van der Waals surface area (Å²) in [4.78, 5) is 43.0. The van der Waals surface area contributed by atoms with E-state index in [1.807, 2.05) is 32.2 Å². The molecule has 6 rings (SSSR count). The van der Waals surface area contributed by atoms with Crippen LogP contribution in [0, 0.1) is 17.8 Å². The minimum atomic E-state index is -0.602. The summed E-state index contributed by atoms with van der Waals surface area (Å²) in [6, 6.07) is 9.11. The third kappa shape index (κ3) is 1.60. The van der Waals surface area contributed by atoms with E-state index in [0.29, 0.717) is 5.69 Å². The molecule has 0 N–H and O–H groups in total. The molecule has 1 aromatic carbocycles. The molecule has 2 bridgehead atoms. The molecule has 1 spiro atoms. The quantitative estimate of drug-likeness (QED) is 0.578. The number of carbonyl (C=O) groups excluding carboxylic acids is 3. The summed E-state index contributed by atoms with van der Waals surface area (Å²) in [5.41, 5.74) is 2.30. The number of piperidine rings is 1. The Labute approximate surface area is 152 Å². The monoisotopic (exact) mass is 350 g/mol. The summed E-state index contributed by atoms with van der Waals surface area (Å²) in [5.74, 6) is -1.81. The molecule has 3 heterocycles. The molecule has 2 aliphatic carbocycles. The zero-order valence-corrected chi connectivity index (χ0v) is 15.1. The molecule has 5 nitrogen and oxygen atoms in total. The predicted octanol–water partition coefficient (Wildman–Crippen LogP) is 2.52. The van der Waals surface area contributed by atoms with Gasteiger partial charge in [-0.2, -0.15) is 0 Å². The molecule has 5 heteroatoms. The van der Waals surface area contributed by atoms with E-state index >= 15 is 0 Å². The van der Waals surface area contributed by atoms with Crippen LogP contribution in [-0.4, -0.2) is 35.2 Å². The van der Waals surface area contributed by atoms with Crippen LogP contribution < -0.4 is 4.90 Å². The highest BCUT2D eigenvalue weighted by atomic mass is 16.2. The fourth-order valence-corrected chi connectivity index (χ4v) is 6.09. The van der Waals surface area contributed by atoms with Gasteiger partial charge in [-0.3, -0.25) is 14.4 Å². The minimum absolute atomic E-state index is 0.00506. The smallest absolute Gasteiger partial charge is 0.240 e. The van der Waals surface area contributed by atoms with Crippen LogP contribution in [0.3, 0.4) is 0 Å². The van der Waals surface area contributed by atoms with Crippen molar-refractivity contribution in [3.63, 3.8) is 0 Å². The Hall–Kier alpha value is -2.43. The summed E-state index contributed by atoms with van der Waals surface area (Å²) < 4.78 is 0. The molecular formula is C21H22N2O3. The maximum atomic E-state index is 13.5. The largest absolute Gasteiger partial charge is 0.335 e. The number of hydrogen-bond donors (Lipinski definition) is 0. The fourth-order valence-electron chi connectivity index (χ4n) is 6.09. The van der Waals surface area contributed by atoms with Crippen molar-refractivity contribution in [3.8, 4) is 0 Å². The first-order valence-electron chi connectivity index (χ1n) is 9.41. The van der Waals surface area contributed by atoms with Gasteiger partial charge in [0.05, 0.1) is 29.0 Å². The molecule has 134 valence electrons. The van der Waals surface area contributed by atoms with E-state index < -0.39 is 23.3 Å². The predicted molar refractivity (Wildman–Crippen MR) is 96.1 cm³/mol. The van der Waals surface area contributed by atoms with Crippen LogP contribution in [0.15, 0.2) is 41.5 Å². The second kappa shape index (κ2) is 5.06. The number of nitrogens with zero attached hydrogens (tertiary/aromatic N) is 2. The lowest BCUT2D eigenvalue weighted by atomic mass is 9.53. The molecule has 1 saturated carbocycles. The Morgan fingerprint density at radius 3 is 2.46 bits per heavy atom. The van der Waals surface area contributed by atoms with Crippen LogP contribution in [0.4, 0.5) is 5.69 Å². The lowest BCUT2D eigenvalue weighted by molar-refractivity contribution is -0.160. The van der Waals surface area contributed by atoms with Crippen molar-refractivity contribution in [2.45, 2.75) is 38.1 Å². The maximum absolute atomic E-state index is 13.5. The fraction of sp³-hybridized carbons (Fsp3) is 0.476. The zero-order chi connectivity index (χ0) is 18.2. The van der Waals surface area contributed by atoms with Crippen molar-refractivity contribution in [1.29, 1.82) is 0 Å². The average Bonchev–Trinajstić information content (AvgIpc) is 2.92. The van der Waals surface area contributed by atoms with Gasteiger partial charge in [0.15, 0.2) is 0 Å². The van der Waals surface area contributed by atoms with Crippen LogP contribution in [0.1, 0.15) is 32.6 Å². The third-order valence-electron chi connectivity index (χ3n) is 7.13. The Balaban J connectivity index is 1.72. The number of likely N-dealkylation sites (N-methyl/N-ethyl adjacent to an activating group) is 1. The maximum Gasteiger partial charge on any atom is 0.240 e. The molecule has 26 heavy (non-hydrogen) atoms. The first-order chi connectivity index (χ1) is 12.5. The van der Waals surface area contributed by atoms with Gasteiger partial charge < -0.3 is 4.90 Å². The van der Waals surface area contributed by atoms with Crippen molar-refractivity contribution in [3.05, 3.63) is 41.5 Å². The van der Waals surface area contributed by atoms with Crippen LogP contribution in [0.5, 0.6) is 0 Å². The standard InChI is InChI=1S/C21H22N2O3/c1-12-14-10-6-7-11-21(14)17-16(15(12)18(24)22(21)2)19(25)23(20(17)26)13-8-4-3-5-9-13/h3-5,8-9,15-17H,6-7,10-11H2,1-2H3/t15-,16+,17+,21-/m0/s1. The van der Waals surface area contributed by atoms with Gasteiger partial charge in [-0.25, -0.2) is 4.90 Å². The van der Waals surface area contributed by atoms with E-state index in [0.717, 1.165) is 31.3 Å². The van der Waals surface area contributed by atoms with Gasteiger partial charge in [-0.15, -0.1) is 0 Å². The molecule has 0 aromatic heterocycles. The molecule has 4 atom stereocenters. The van der Waals surface area contributed by atoms with E-state index in [1.165, 1.54) is 10.5 Å². The van der Waals surface area contributed by atoms with Gasteiger partial charge in [0.1, 0.15) is 0 Å². The number of amides is 3. The van der Waals surface area contributed by atoms with Crippen molar-refractivity contribution >= 4 is 23.4 Å². The SMILES string of the molecule is CC1=C2CCCC[C@@]23[C@H]2C(=O)N(c4ccccc4)C(=O)[C@@H]2[C@H]1C(=O)N3C. The second-order valence-corrected chi connectivity index (χ2v) is 8.02. The van der Waals surface area contributed by atoms with Crippen LogP contribution in [0.25, 0.3) is 0 Å². The number of carbonyl (C=O) groups is 3. The van der Waals surface area contributed by atoms with Gasteiger partial charge in [0.2, 0.25) is 17.7 Å². The summed E-state index contributed by atoms with van der Waals surface area (Å²) in [5, 5.41) is 0. The van der Waals surface area contributed by atoms with Crippen LogP contribution in [-0.2, 0) is 14.4 Å². The lowest BCUT2D eigenvalue weighted by Crippen LogP contribution is -2.70. The third-order valence-corrected chi connectivity index (χ3v) is 7.13. The first-order valence-corrected chi connectivity index (χ1v) is 9.41. The highest BCUT2D eigenvalue weighted by Gasteiger charge is 2.71. The zero-order valence-electron chi connectivity index (χ0n) is 15.1. The van der Waals surface area contributed by atoms with E-state index in [4.69, 9.17) is 0 Å². The molecule has 1 aromatic rings. The van der Waals surface area contributed by atoms with Crippen LogP contribution >= 0.6 is 0 Å². The van der Waals surface area contributed by atoms with Gasteiger partial charge >= 0.3 is 0 Å². The average molecular weight is 350 g/mol. The van der Waals surface area contributed by atoms with Crippen LogP contribution in [0.2, 0.25) is 0 Å². The van der Waals surface area contributed by atoms with Gasteiger partial charge in [0.25, 0.3) is 0 Å². The van der Waals surface area contributed by atoms with Crippen molar-refractivity contribution < 1.29 is 14.4 Å². The molecule has 3 amide bonds. The molecule has 3 aliphatic heterocycles. The van der Waals surface area contributed by atoms with Gasteiger partial charge in [0, 0.05) is 7.05 Å². The Morgan fingerprint density at radius 1 is 1.00 bits per heavy atom. The Kier molecular flexibility index (Phi) is 3.07. The Bertz CT molecular complexity index is 875. The summed E-state index contributed by atoms with van der Waals surface area (Å²) in [6.45, 7) is 2.00. The van der Waals surface area contributed by atoms with Crippen molar-refractivity contribution in [2.24, 2.45) is 17.8 Å². The van der Waals surface area contributed by atoms with E-state index in [9.17, 15) is 14.4 Å². The first kappa shape index (κ1) is 15.8. The highest BCUT2D eigenvalue weighted by molar-refractivity contribution is 6.24. The van der Waals surface area contributed by atoms with Crippen molar-refractivity contribution in [2.75, 3.05) is 11.9 Å². The Morgan fingerprint density at radius 2 is 1.73 bits per heavy atom. The van der Waals surface area contributed by atoms with E-state index in [1.54, 1.807) is 17.0 Å². The minimum Gasteiger partial charge on any atom is -0.335 e. The number of fused-ring (bicyclic) bond motifs is 1. The van der Waals surface area contributed by atoms with Crippen molar-refractivity contribution in [1.82, 2.24) is 4.90 Å². The normalized spacial score (nSPS) is 35.9. The van der Waals surface area contributed by atoms with E-state index in [-0.39, 0.29) is 17.7 Å². The number of imide groups is 1. The number of hydrogen-bond acceptors (Lipinski definition) is 3.